The molecule has 1 amide bonds. The van der Waals surface area contributed by atoms with E-state index < -0.39 is 0 Å². The Labute approximate surface area is 176 Å². The van der Waals surface area contributed by atoms with Crippen LogP contribution in [0.15, 0.2) is 34.6 Å². The van der Waals surface area contributed by atoms with Crippen LogP contribution >= 0.6 is 23.1 Å². The van der Waals surface area contributed by atoms with Crippen LogP contribution in [0, 0.1) is 0 Å². The summed E-state index contributed by atoms with van der Waals surface area (Å²) in [6.45, 7) is 1.25. The zero-order valence-electron chi connectivity index (χ0n) is 16.2. The Bertz CT molecular complexity index is 1110. The molecule has 0 unspecified atom stereocenters. The van der Waals surface area contributed by atoms with E-state index in [4.69, 9.17) is 9.47 Å². The lowest BCUT2D eigenvalue weighted by molar-refractivity contribution is -0.129. The van der Waals surface area contributed by atoms with E-state index in [-0.39, 0.29) is 11.5 Å². The van der Waals surface area contributed by atoms with E-state index in [0.717, 1.165) is 12.0 Å². The maximum atomic E-state index is 12.7. The zero-order valence-corrected chi connectivity index (χ0v) is 17.8. The lowest BCUT2D eigenvalue weighted by Crippen LogP contribution is -2.37. The summed E-state index contributed by atoms with van der Waals surface area (Å²) in [6, 6.07) is 5.48. The first kappa shape index (κ1) is 19.8. The second-order valence-corrected chi connectivity index (χ2v) is 8.53. The number of ether oxygens (including phenoxy) is 2. The highest BCUT2D eigenvalue weighted by molar-refractivity contribution is 7.99. The highest BCUT2D eigenvalue weighted by Gasteiger charge is 2.22. The molecule has 0 bridgehead atoms. The first-order valence-corrected chi connectivity index (χ1v) is 11.2. The number of amides is 1. The average molecular weight is 432 g/mol. The van der Waals surface area contributed by atoms with Crippen molar-refractivity contribution in [1.82, 2.24) is 14.3 Å². The van der Waals surface area contributed by atoms with Crippen LogP contribution in [-0.4, -0.2) is 46.7 Å². The first-order chi connectivity index (χ1) is 14.1. The van der Waals surface area contributed by atoms with Crippen LogP contribution in [-0.2, 0) is 23.5 Å². The fourth-order valence-corrected chi connectivity index (χ4v) is 4.95. The van der Waals surface area contributed by atoms with E-state index in [9.17, 15) is 9.59 Å². The van der Waals surface area contributed by atoms with Gasteiger partial charge in [-0.25, -0.2) is 4.98 Å². The molecule has 1 aromatic carbocycles. The van der Waals surface area contributed by atoms with Gasteiger partial charge in [-0.3, -0.25) is 14.0 Å². The van der Waals surface area contributed by atoms with Gasteiger partial charge < -0.3 is 14.4 Å². The Morgan fingerprint density at radius 1 is 1.21 bits per heavy atom. The number of hydrogen-bond acceptors (Lipinski definition) is 7. The summed E-state index contributed by atoms with van der Waals surface area (Å²) in [5.74, 6) is 2.37. The molecule has 0 N–H and O–H groups in total. The Morgan fingerprint density at radius 2 is 1.97 bits per heavy atom. The molecule has 0 fully saturated rings. The van der Waals surface area contributed by atoms with Gasteiger partial charge in [-0.1, -0.05) is 0 Å². The first-order valence-electron chi connectivity index (χ1n) is 9.14. The highest BCUT2D eigenvalue weighted by Crippen LogP contribution is 2.33. The third kappa shape index (κ3) is 4.11. The molecular weight excluding hydrogens is 410 g/mol. The number of nitrogens with zero attached hydrogens (tertiary/aromatic N) is 3. The molecule has 9 heteroatoms. The van der Waals surface area contributed by atoms with Crippen molar-refractivity contribution in [3.05, 3.63) is 57.0 Å². The minimum atomic E-state index is -0.0878. The quantitative estimate of drug-likeness (QED) is 0.597. The fraction of sp³-hybridized carbons (Fsp3) is 0.350. The molecule has 152 valence electrons. The minimum absolute atomic E-state index is 0.0874. The number of benzene rings is 1. The van der Waals surface area contributed by atoms with Gasteiger partial charge in [-0.2, -0.15) is 0 Å². The van der Waals surface area contributed by atoms with Crippen LogP contribution < -0.4 is 15.0 Å². The topological polar surface area (TPSA) is 73.1 Å². The van der Waals surface area contributed by atoms with Crippen molar-refractivity contribution in [3.8, 4) is 11.5 Å². The van der Waals surface area contributed by atoms with Gasteiger partial charge in [0.2, 0.25) is 5.91 Å². The Kier molecular flexibility index (Phi) is 5.77. The van der Waals surface area contributed by atoms with Crippen molar-refractivity contribution >= 4 is 34.0 Å². The maximum Gasteiger partial charge on any atom is 0.258 e. The number of carbonyl (C=O) groups excluding carboxylic acids is 1. The van der Waals surface area contributed by atoms with Gasteiger partial charge in [-0.15, -0.1) is 23.1 Å². The molecule has 1 aliphatic heterocycles. The summed E-state index contributed by atoms with van der Waals surface area (Å²) in [6.07, 6.45) is 2.51. The molecule has 3 heterocycles. The second kappa shape index (κ2) is 8.46. The minimum Gasteiger partial charge on any atom is -0.493 e. The van der Waals surface area contributed by atoms with E-state index in [1.165, 1.54) is 39.1 Å². The predicted octanol–water partition coefficient (Wildman–Crippen LogP) is 2.59. The summed E-state index contributed by atoms with van der Waals surface area (Å²) in [4.78, 5) is 31.7. The summed E-state index contributed by atoms with van der Waals surface area (Å²) in [5, 5.41) is 1.84. The fourth-order valence-electron chi connectivity index (χ4n) is 3.39. The van der Waals surface area contributed by atoms with Crippen LogP contribution in [0.3, 0.4) is 0 Å². The summed E-state index contributed by atoms with van der Waals surface area (Å²) in [5.41, 5.74) is 2.89. The van der Waals surface area contributed by atoms with Gasteiger partial charge >= 0.3 is 0 Å². The zero-order chi connectivity index (χ0) is 20.4. The van der Waals surface area contributed by atoms with E-state index in [0.29, 0.717) is 46.7 Å². The third-order valence-electron chi connectivity index (χ3n) is 4.90. The molecule has 3 aromatic rings. The van der Waals surface area contributed by atoms with E-state index in [2.05, 4.69) is 4.98 Å². The number of hydrogen-bond donors (Lipinski definition) is 0. The smallest absolute Gasteiger partial charge is 0.258 e. The monoisotopic (exact) mass is 431 g/mol. The van der Waals surface area contributed by atoms with E-state index in [1.54, 1.807) is 20.4 Å². The lowest BCUT2D eigenvalue weighted by atomic mass is 9.99. The standard InChI is InChI=1S/C20H21N3O4S2/c1-26-16-7-13-3-4-22(10-14(13)8-17(16)27-2)19(25)12-28-11-15-9-18(24)23-5-6-29-20(23)21-15/h5-9H,3-4,10-12H2,1-2H3. The van der Waals surface area contributed by atoms with Crippen molar-refractivity contribution < 1.29 is 14.3 Å². The second-order valence-electron chi connectivity index (χ2n) is 6.68. The van der Waals surface area contributed by atoms with Crippen molar-refractivity contribution in [1.29, 1.82) is 0 Å². The molecule has 0 aliphatic carbocycles. The lowest BCUT2D eigenvalue weighted by Gasteiger charge is -2.29. The molecular formula is C20H21N3O4S2. The van der Waals surface area contributed by atoms with Crippen molar-refractivity contribution in [2.75, 3.05) is 26.5 Å². The number of carbonyl (C=O) groups is 1. The SMILES string of the molecule is COc1cc2c(cc1OC)CN(C(=O)CSCc1cc(=O)n3ccsc3n1)CC2. The Hall–Kier alpha value is -2.52. The molecule has 0 spiro atoms. The van der Waals surface area contributed by atoms with Crippen molar-refractivity contribution in [2.45, 2.75) is 18.7 Å². The average Bonchev–Trinajstić information content (AvgIpc) is 3.21. The van der Waals surface area contributed by atoms with Crippen LogP contribution in [0.4, 0.5) is 0 Å². The van der Waals surface area contributed by atoms with E-state index >= 15 is 0 Å². The summed E-state index contributed by atoms with van der Waals surface area (Å²) < 4.78 is 12.3. The molecule has 4 rings (SSSR count). The molecule has 1 aliphatic rings. The van der Waals surface area contributed by atoms with Crippen LogP contribution in [0.5, 0.6) is 11.5 Å². The molecule has 2 aromatic heterocycles. The van der Waals surface area contributed by atoms with Crippen molar-refractivity contribution in [2.24, 2.45) is 0 Å². The van der Waals surface area contributed by atoms with Crippen LogP contribution in [0.2, 0.25) is 0 Å². The summed E-state index contributed by atoms with van der Waals surface area (Å²) >= 11 is 2.91. The molecule has 29 heavy (non-hydrogen) atoms. The van der Waals surface area contributed by atoms with Gasteiger partial charge in [0.25, 0.3) is 5.56 Å². The number of rotatable bonds is 6. The molecule has 0 saturated heterocycles. The highest BCUT2D eigenvalue weighted by atomic mass is 32.2. The Morgan fingerprint density at radius 3 is 2.72 bits per heavy atom. The normalized spacial score (nSPS) is 13.4. The molecule has 0 atom stereocenters. The molecule has 0 radical (unpaired) electrons. The molecule has 7 nitrogen and oxygen atoms in total. The third-order valence-corrected chi connectivity index (χ3v) is 6.61. The molecule has 0 saturated carbocycles. The van der Waals surface area contributed by atoms with E-state index in [1.807, 2.05) is 22.4 Å². The largest absolute Gasteiger partial charge is 0.493 e. The van der Waals surface area contributed by atoms with Gasteiger partial charge in [0.15, 0.2) is 16.5 Å². The number of thioether (sulfide) groups is 1. The summed E-state index contributed by atoms with van der Waals surface area (Å²) in [7, 11) is 3.24. The predicted molar refractivity (Wildman–Crippen MR) is 114 cm³/mol. The van der Waals surface area contributed by atoms with Gasteiger partial charge in [0, 0.05) is 36.5 Å². The number of fused-ring (bicyclic) bond motifs is 2. The maximum absolute atomic E-state index is 12.7. The number of methoxy groups -OCH3 is 2. The van der Waals surface area contributed by atoms with Crippen molar-refractivity contribution in [3.63, 3.8) is 0 Å². The van der Waals surface area contributed by atoms with Gasteiger partial charge in [0.1, 0.15) is 0 Å². The van der Waals surface area contributed by atoms with Gasteiger partial charge in [-0.05, 0) is 29.7 Å². The number of thiazole rings is 1. The Balaban J connectivity index is 1.37. The van der Waals surface area contributed by atoms with Gasteiger partial charge in [0.05, 0.1) is 25.7 Å². The van der Waals surface area contributed by atoms with Crippen LogP contribution in [0.1, 0.15) is 16.8 Å². The van der Waals surface area contributed by atoms with Crippen LogP contribution in [0.25, 0.3) is 4.96 Å². The number of aromatic nitrogens is 2.